The Hall–Kier alpha value is -4.97. The number of halogens is 3. The molecule has 12 heteroatoms. The summed E-state index contributed by atoms with van der Waals surface area (Å²) in [4.78, 5) is 31.2. The smallest absolute Gasteiger partial charge is 0.416 e. The first-order valence-electron chi connectivity index (χ1n) is 13.7. The van der Waals surface area contributed by atoms with E-state index in [4.69, 9.17) is 9.47 Å². The molecule has 220 valence electrons. The SMILES string of the molecule is O=C(Nc1cc(OCCN2CCCC2)cc(C(F)(F)F)c1)c1cnc2ccc(Oc3ccnc(-c4ncc[nH]4)c3)cc2c1. The Bertz CT molecular complexity index is 1740. The first-order valence-corrected chi connectivity index (χ1v) is 13.7. The lowest BCUT2D eigenvalue weighted by Crippen LogP contribution is -2.25. The molecule has 0 spiro atoms. The van der Waals surface area contributed by atoms with Crippen molar-refractivity contribution in [3.8, 4) is 28.8 Å². The highest BCUT2D eigenvalue weighted by Gasteiger charge is 2.32. The van der Waals surface area contributed by atoms with Gasteiger partial charge in [0.05, 0.1) is 16.6 Å². The van der Waals surface area contributed by atoms with E-state index in [1.807, 2.05) is 0 Å². The van der Waals surface area contributed by atoms with Gasteiger partial charge in [0, 0.05) is 54.5 Å². The molecule has 0 saturated carbocycles. The zero-order chi connectivity index (χ0) is 29.8. The molecule has 5 aromatic rings. The third-order valence-electron chi connectivity index (χ3n) is 6.99. The number of alkyl halides is 3. The topological polar surface area (TPSA) is 105 Å². The van der Waals surface area contributed by atoms with E-state index in [-0.39, 0.29) is 23.6 Å². The molecule has 0 aliphatic carbocycles. The molecule has 1 saturated heterocycles. The number of pyridine rings is 2. The van der Waals surface area contributed by atoms with Gasteiger partial charge in [0.1, 0.15) is 29.5 Å². The van der Waals surface area contributed by atoms with Gasteiger partial charge in [-0.1, -0.05) is 0 Å². The molecule has 4 heterocycles. The number of benzene rings is 2. The summed E-state index contributed by atoms with van der Waals surface area (Å²) in [7, 11) is 0. The average Bonchev–Trinajstić information content (AvgIpc) is 3.72. The molecule has 1 aliphatic rings. The van der Waals surface area contributed by atoms with E-state index in [9.17, 15) is 18.0 Å². The average molecular weight is 589 g/mol. The minimum absolute atomic E-state index is 0.0294. The summed E-state index contributed by atoms with van der Waals surface area (Å²) in [5, 5.41) is 3.18. The number of anilines is 1. The summed E-state index contributed by atoms with van der Waals surface area (Å²) in [6, 6.07) is 13.5. The van der Waals surface area contributed by atoms with Crippen molar-refractivity contribution in [1.82, 2.24) is 24.8 Å². The van der Waals surface area contributed by atoms with Gasteiger partial charge in [0.15, 0.2) is 5.82 Å². The number of nitrogens with zero attached hydrogens (tertiary/aromatic N) is 4. The van der Waals surface area contributed by atoms with Crippen LogP contribution in [0.4, 0.5) is 18.9 Å². The van der Waals surface area contributed by atoms with Gasteiger partial charge >= 0.3 is 6.18 Å². The van der Waals surface area contributed by atoms with E-state index >= 15 is 0 Å². The number of ether oxygens (including phenoxy) is 2. The molecule has 0 atom stereocenters. The third kappa shape index (κ3) is 6.92. The standard InChI is InChI=1S/C31H27F3N6O3/c32-31(33,34)22-15-23(17-26(16-22)42-12-11-40-9-1-2-10-40)39-30(41)21-13-20-14-24(3-4-27(20)38-19-21)43-25-5-6-35-28(18-25)29-36-7-8-37-29/h3-8,13-19H,1-2,9-12H2,(H,36,37)(H,39,41). The van der Waals surface area contributed by atoms with Crippen molar-refractivity contribution in [3.63, 3.8) is 0 Å². The minimum Gasteiger partial charge on any atom is -0.492 e. The van der Waals surface area contributed by atoms with Crippen molar-refractivity contribution >= 4 is 22.5 Å². The zero-order valence-corrected chi connectivity index (χ0v) is 22.9. The molecule has 0 unspecified atom stereocenters. The number of likely N-dealkylation sites (tertiary alicyclic amines) is 1. The largest absolute Gasteiger partial charge is 0.492 e. The lowest BCUT2D eigenvalue weighted by atomic mass is 10.1. The van der Waals surface area contributed by atoms with Crippen LogP contribution in [0.5, 0.6) is 17.2 Å². The van der Waals surface area contributed by atoms with Crippen LogP contribution in [0.15, 0.2) is 79.4 Å². The van der Waals surface area contributed by atoms with Crippen molar-refractivity contribution < 1.29 is 27.4 Å². The molecule has 2 N–H and O–H groups in total. The first kappa shape index (κ1) is 28.2. The highest BCUT2D eigenvalue weighted by atomic mass is 19.4. The Morgan fingerprint density at radius 3 is 2.56 bits per heavy atom. The number of nitrogens with one attached hydrogen (secondary N) is 2. The van der Waals surface area contributed by atoms with Crippen LogP contribution >= 0.6 is 0 Å². The van der Waals surface area contributed by atoms with Crippen molar-refractivity contribution in [2.24, 2.45) is 0 Å². The fourth-order valence-corrected chi connectivity index (χ4v) is 4.86. The van der Waals surface area contributed by atoms with Gasteiger partial charge in [-0.15, -0.1) is 0 Å². The van der Waals surface area contributed by atoms with E-state index in [2.05, 4.69) is 30.2 Å². The summed E-state index contributed by atoms with van der Waals surface area (Å²) in [5.41, 5.74) is 0.452. The van der Waals surface area contributed by atoms with Crippen molar-refractivity contribution in [2.45, 2.75) is 19.0 Å². The second kappa shape index (κ2) is 12.1. The van der Waals surface area contributed by atoms with E-state index in [0.29, 0.717) is 40.5 Å². The molecule has 1 aliphatic heterocycles. The Kier molecular flexibility index (Phi) is 7.93. The number of carbonyl (C=O) groups is 1. The van der Waals surface area contributed by atoms with Crippen LogP contribution in [-0.2, 0) is 6.18 Å². The number of hydrogen-bond acceptors (Lipinski definition) is 7. The highest BCUT2D eigenvalue weighted by molar-refractivity contribution is 6.06. The van der Waals surface area contributed by atoms with Crippen LogP contribution in [0.25, 0.3) is 22.4 Å². The van der Waals surface area contributed by atoms with Crippen LogP contribution in [0.1, 0.15) is 28.8 Å². The van der Waals surface area contributed by atoms with Crippen LogP contribution < -0.4 is 14.8 Å². The maximum absolute atomic E-state index is 13.6. The van der Waals surface area contributed by atoms with Gasteiger partial charge < -0.3 is 19.8 Å². The molecule has 6 rings (SSSR count). The number of fused-ring (bicyclic) bond motifs is 1. The van der Waals surface area contributed by atoms with Gasteiger partial charge in [-0.25, -0.2) is 4.98 Å². The molecule has 43 heavy (non-hydrogen) atoms. The molecule has 0 radical (unpaired) electrons. The lowest BCUT2D eigenvalue weighted by molar-refractivity contribution is -0.137. The summed E-state index contributed by atoms with van der Waals surface area (Å²) in [6.45, 7) is 2.78. The monoisotopic (exact) mass is 588 g/mol. The molecular formula is C31H27F3N6O3. The first-order chi connectivity index (χ1) is 20.8. The lowest BCUT2D eigenvalue weighted by Gasteiger charge is -2.17. The molecule has 3 aromatic heterocycles. The van der Waals surface area contributed by atoms with Gasteiger partial charge in [-0.05, 0) is 68.4 Å². The number of carbonyl (C=O) groups excluding carboxylic acids is 1. The molecule has 1 fully saturated rings. The number of rotatable bonds is 9. The van der Waals surface area contributed by atoms with Gasteiger partial charge in [-0.2, -0.15) is 13.2 Å². The molecule has 1 amide bonds. The summed E-state index contributed by atoms with van der Waals surface area (Å²) < 4.78 is 52.6. The van der Waals surface area contributed by atoms with Crippen LogP contribution in [0.2, 0.25) is 0 Å². The van der Waals surface area contributed by atoms with Crippen LogP contribution in [-0.4, -0.2) is 57.0 Å². The number of amides is 1. The Morgan fingerprint density at radius 2 is 1.77 bits per heavy atom. The maximum Gasteiger partial charge on any atom is 0.416 e. The minimum atomic E-state index is -4.61. The fourth-order valence-electron chi connectivity index (χ4n) is 4.86. The van der Waals surface area contributed by atoms with Gasteiger partial charge in [-0.3, -0.25) is 19.7 Å². The van der Waals surface area contributed by atoms with E-state index in [1.165, 1.54) is 12.3 Å². The quantitative estimate of drug-likeness (QED) is 0.201. The van der Waals surface area contributed by atoms with Gasteiger partial charge in [0.2, 0.25) is 0 Å². The summed E-state index contributed by atoms with van der Waals surface area (Å²) >= 11 is 0. The van der Waals surface area contributed by atoms with Crippen LogP contribution in [0, 0.1) is 0 Å². The molecular weight excluding hydrogens is 561 g/mol. The zero-order valence-electron chi connectivity index (χ0n) is 22.9. The predicted octanol–water partition coefficient (Wildman–Crippen LogP) is 6.56. The number of aromatic nitrogens is 4. The van der Waals surface area contributed by atoms with Crippen molar-refractivity contribution in [1.29, 1.82) is 0 Å². The van der Waals surface area contributed by atoms with E-state index in [1.54, 1.807) is 55.0 Å². The molecule has 0 bridgehead atoms. The number of imidazole rings is 1. The fraction of sp³-hybridized carbons (Fsp3) is 0.226. The second-order valence-electron chi connectivity index (χ2n) is 10.1. The number of aromatic amines is 1. The predicted molar refractivity (Wildman–Crippen MR) is 154 cm³/mol. The Balaban J connectivity index is 1.18. The van der Waals surface area contributed by atoms with Crippen LogP contribution in [0.3, 0.4) is 0 Å². The van der Waals surface area contributed by atoms with Gasteiger partial charge in [0.25, 0.3) is 5.91 Å². The third-order valence-corrected chi connectivity index (χ3v) is 6.99. The number of hydrogen-bond donors (Lipinski definition) is 2. The summed E-state index contributed by atoms with van der Waals surface area (Å²) in [6.07, 6.45) is 3.91. The van der Waals surface area contributed by atoms with Crippen molar-refractivity contribution in [2.75, 3.05) is 31.6 Å². The Labute approximate surface area is 244 Å². The second-order valence-corrected chi connectivity index (χ2v) is 10.1. The number of H-pyrrole nitrogens is 1. The van der Waals surface area contributed by atoms with E-state index in [0.717, 1.165) is 38.1 Å². The highest BCUT2D eigenvalue weighted by Crippen LogP contribution is 2.34. The Morgan fingerprint density at radius 1 is 0.930 bits per heavy atom. The molecule has 9 nitrogen and oxygen atoms in total. The normalized spacial score (nSPS) is 13.7. The van der Waals surface area contributed by atoms with Crippen molar-refractivity contribution in [3.05, 3.63) is 90.5 Å². The summed E-state index contributed by atoms with van der Waals surface area (Å²) in [5.74, 6) is 1.06. The maximum atomic E-state index is 13.6. The molecule has 2 aromatic carbocycles. The van der Waals surface area contributed by atoms with E-state index < -0.39 is 17.6 Å².